The Hall–Kier alpha value is -0.440. The van der Waals surface area contributed by atoms with Crippen LogP contribution in [0, 0.1) is 5.92 Å². The van der Waals surface area contributed by atoms with E-state index in [1.807, 2.05) is 6.07 Å². The lowest BCUT2D eigenvalue weighted by atomic mass is 9.95. The SMILES string of the molecule is CC1CCN(c2n[nH]c(-c3cc(Br)c(Br)s3)n2)CC1N. The quantitative estimate of drug-likeness (QED) is 0.782. The largest absolute Gasteiger partial charge is 0.338 e. The van der Waals surface area contributed by atoms with Crippen LogP contribution in [0.25, 0.3) is 10.7 Å². The van der Waals surface area contributed by atoms with E-state index >= 15 is 0 Å². The summed E-state index contributed by atoms with van der Waals surface area (Å²) in [6.45, 7) is 3.98. The fraction of sp³-hybridized carbons (Fsp3) is 0.500. The van der Waals surface area contributed by atoms with Crippen LogP contribution >= 0.6 is 43.2 Å². The third-order valence-corrected chi connectivity index (χ3v) is 6.91. The molecule has 0 spiro atoms. The summed E-state index contributed by atoms with van der Waals surface area (Å²) in [5, 5.41) is 7.34. The van der Waals surface area contributed by atoms with Crippen molar-refractivity contribution in [3.8, 4) is 10.7 Å². The molecule has 1 saturated heterocycles. The Morgan fingerprint density at radius 2 is 2.30 bits per heavy atom. The predicted molar refractivity (Wildman–Crippen MR) is 89.1 cm³/mol. The standard InChI is InChI=1S/C12H15Br2N5S/c1-6-2-3-19(5-8(6)15)12-16-11(17-18-12)9-4-7(13)10(14)20-9/h4,6,8H,2-3,5,15H2,1H3,(H,16,17,18). The van der Waals surface area contributed by atoms with Crippen LogP contribution < -0.4 is 10.6 Å². The molecule has 1 fully saturated rings. The van der Waals surface area contributed by atoms with Gasteiger partial charge in [0.15, 0.2) is 5.82 Å². The van der Waals surface area contributed by atoms with Crippen LogP contribution in [0.5, 0.6) is 0 Å². The van der Waals surface area contributed by atoms with Gasteiger partial charge in [0.05, 0.1) is 8.66 Å². The number of halogens is 2. The highest BCUT2D eigenvalue weighted by Crippen LogP contribution is 2.37. The number of hydrogen-bond acceptors (Lipinski definition) is 5. The van der Waals surface area contributed by atoms with Crippen LogP contribution in [0.2, 0.25) is 0 Å². The summed E-state index contributed by atoms with van der Waals surface area (Å²) < 4.78 is 2.09. The van der Waals surface area contributed by atoms with Crippen LogP contribution in [0.1, 0.15) is 13.3 Å². The van der Waals surface area contributed by atoms with E-state index in [1.54, 1.807) is 11.3 Å². The first kappa shape index (κ1) is 14.5. The van der Waals surface area contributed by atoms with E-state index in [9.17, 15) is 0 Å². The predicted octanol–water partition coefficient (Wildman–Crippen LogP) is 3.23. The molecule has 3 heterocycles. The Balaban J connectivity index is 1.80. The molecule has 2 atom stereocenters. The van der Waals surface area contributed by atoms with Crippen LogP contribution in [0.3, 0.4) is 0 Å². The highest BCUT2D eigenvalue weighted by atomic mass is 79.9. The maximum Gasteiger partial charge on any atom is 0.245 e. The number of rotatable bonds is 2. The summed E-state index contributed by atoms with van der Waals surface area (Å²) >= 11 is 8.60. The lowest BCUT2D eigenvalue weighted by Gasteiger charge is -2.34. The van der Waals surface area contributed by atoms with Crippen LogP contribution in [-0.2, 0) is 0 Å². The van der Waals surface area contributed by atoms with Crippen molar-refractivity contribution in [3.63, 3.8) is 0 Å². The fourth-order valence-corrected chi connectivity index (χ4v) is 4.22. The van der Waals surface area contributed by atoms with Gasteiger partial charge in [-0.1, -0.05) is 6.92 Å². The maximum atomic E-state index is 6.13. The zero-order valence-corrected chi connectivity index (χ0v) is 14.9. The smallest absolute Gasteiger partial charge is 0.245 e. The second kappa shape index (κ2) is 5.75. The number of H-pyrrole nitrogens is 1. The highest BCUT2D eigenvalue weighted by molar-refractivity contribution is 9.13. The first-order valence-corrected chi connectivity index (χ1v) is 8.83. The van der Waals surface area contributed by atoms with Crippen molar-refractivity contribution < 1.29 is 0 Å². The molecule has 0 radical (unpaired) electrons. The van der Waals surface area contributed by atoms with Crippen molar-refractivity contribution in [1.29, 1.82) is 0 Å². The molecule has 2 aromatic rings. The molecular formula is C12H15Br2N5S. The average molecular weight is 421 g/mol. The Bertz CT molecular complexity index is 591. The fourth-order valence-electron chi connectivity index (χ4n) is 2.25. The minimum atomic E-state index is 0.190. The summed E-state index contributed by atoms with van der Waals surface area (Å²) in [5.74, 6) is 2.10. The van der Waals surface area contributed by atoms with Crippen LogP contribution in [0.15, 0.2) is 14.3 Å². The number of aromatic amines is 1. The molecule has 2 unspecified atom stereocenters. The van der Waals surface area contributed by atoms with Crippen molar-refractivity contribution >= 4 is 49.1 Å². The van der Waals surface area contributed by atoms with Gasteiger partial charge in [0, 0.05) is 23.6 Å². The highest BCUT2D eigenvalue weighted by Gasteiger charge is 2.25. The molecule has 20 heavy (non-hydrogen) atoms. The monoisotopic (exact) mass is 419 g/mol. The van der Waals surface area contributed by atoms with Crippen LogP contribution in [-0.4, -0.2) is 34.3 Å². The van der Waals surface area contributed by atoms with Gasteiger partial charge in [0.2, 0.25) is 5.95 Å². The molecule has 0 saturated carbocycles. The summed E-state index contributed by atoms with van der Waals surface area (Å²) in [6.07, 6.45) is 1.08. The zero-order chi connectivity index (χ0) is 14.3. The third kappa shape index (κ3) is 2.79. The number of nitrogens with one attached hydrogen (secondary N) is 1. The van der Waals surface area contributed by atoms with E-state index in [-0.39, 0.29) is 6.04 Å². The zero-order valence-electron chi connectivity index (χ0n) is 10.9. The summed E-state index contributed by atoms with van der Waals surface area (Å²) in [6, 6.07) is 2.22. The first-order valence-electron chi connectivity index (χ1n) is 6.42. The number of nitrogens with zero attached hydrogens (tertiary/aromatic N) is 3. The number of thiophene rings is 1. The molecule has 1 aliphatic heterocycles. The summed E-state index contributed by atoms with van der Waals surface area (Å²) in [7, 11) is 0. The molecule has 8 heteroatoms. The molecule has 1 aliphatic rings. The number of anilines is 1. The molecule has 0 aliphatic carbocycles. The van der Waals surface area contributed by atoms with Gasteiger partial charge >= 0.3 is 0 Å². The van der Waals surface area contributed by atoms with Crippen molar-refractivity contribution in [1.82, 2.24) is 15.2 Å². The second-order valence-electron chi connectivity index (χ2n) is 5.09. The molecule has 5 nitrogen and oxygen atoms in total. The van der Waals surface area contributed by atoms with Gasteiger partial charge < -0.3 is 10.6 Å². The van der Waals surface area contributed by atoms with Crippen LogP contribution in [0.4, 0.5) is 5.95 Å². The van der Waals surface area contributed by atoms with E-state index in [1.165, 1.54) is 0 Å². The van der Waals surface area contributed by atoms with Crippen molar-refractivity contribution in [2.45, 2.75) is 19.4 Å². The summed E-state index contributed by atoms with van der Waals surface area (Å²) in [4.78, 5) is 7.80. The van der Waals surface area contributed by atoms with Gasteiger partial charge in [0.1, 0.15) is 0 Å². The molecule has 3 N–H and O–H groups in total. The number of piperidine rings is 1. The van der Waals surface area contributed by atoms with Gasteiger partial charge in [-0.25, -0.2) is 0 Å². The maximum absolute atomic E-state index is 6.13. The Morgan fingerprint density at radius 3 is 2.95 bits per heavy atom. The lowest BCUT2D eigenvalue weighted by molar-refractivity contribution is 0.376. The van der Waals surface area contributed by atoms with E-state index in [2.05, 4.69) is 58.9 Å². The minimum Gasteiger partial charge on any atom is -0.338 e. The Labute approximate surface area is 138 Å². The second-order valence-corrected chi connectivity index (χ2v) is 8.32. The van der Waals surface area contributed by atoms with Crippen molar-refractivity contribution in [2.24, 2.45) is 11.7 Å². The number of aromatic nitrogens is 3. The molecule has 3 rings (SSSR count). The molecule has 0 aromatic carbocycles. The Kier molecular flexibility index (Phi) is 4.16. The first-order chi connectivity index (χ1) is 9.54. The topological polar surface area (TPSA) is 70.8 Å². The molecule has 2 aromatic heterocycles. The van der Waals surface area contributed by atoms with Crippen molar-refractivity contribution in [2.75, 3.05) is 18.0 Å². The van der Waals surface area contributed by atoms with Gasteiger partial charge in [-0.15, -0.1) is 16.4 Å². The summed E-state index contributed by atoms with van der Waals surface area (Å²) in [5.41, 5.74) is 6.13. The minimum absolute atomic E-state index is 0.190. The van der Waals surface area contributed by atoms with E-state index in [0.29, 0.717) is 5.92 Å². The van der Waals surface area contributed by atoms with Gasteiger partial charge in [-0.2, -0.15) is 4.98 Å². The Morgan fingerprint density at radius 1 is 1.50 bits per heavy atom. The normalized spacial score (nSPS) is 23.3. The molecule has 108 valence electrons. The van der Waals surface area contributed by atoms with Gasteiger partial charge in [0.25, 0.3) is 0 Å². The lowest BCUT2D eigenvalue weighted by Crippen LogP contribution is -2.48. The average Bonchev–Trinajstić information content (AvgIpc) is 3.01. The van der Waals surface area contributed by atoms with E-state index in [0.717, 1.165) is 44.4 Å². The molecule has 0 bridgehead atoms. The molecular weight excluding hydrogens is 406 g/mol. The van der Waals surface area contributed by atoms with Crippen molar-refractivity contribution in [3.05, 3.63) is 14.3 Å². The van der Waals surface area contributed by atoms with E-state index in [4.69, 9.17) is 5.73 Å². The van der Waals surface area contributed by atoms with Gasteiger partial charge in [-0.05, 0) is 50.3 Å². The molecule has 0 amide bonds. The number of hydrogen-bond donors (Lipinski definition) is 2. The third-order valence-electron chi connectivity index (χ3n) is 3.65. The van der Waals surface area contributed by atoms with Gasteiger partial charge in [-0.3, -0.25) is 5.10 Å². The van der Waals surface area contributed by atoms with E-state index < -0.39 is 0 Å². The number of nitrogens with two attached hydrogens (primary N) is 1.